The van der Waals surface area contributed by atoms with Crippen LogP contribution in [-0.4, -0.2) is 0 Å². The Morgan fingerprint density at radius 1 is 1.21 bits per heavy atom. The number of hydrogen-bond acceptors (Lipinski definition) is 0. The molecule has 74 valence electrons. The van der Waals surface area contributed by atoms with Gasteiger partial charge in [0.25, 0.3) is 0 Å². The lowest BCUT2D eigenvalue weighted by molar-refractivity contribution is 1.13. The summed E-state index contributed by atoms with van der Waals surface area (Å²) in [7, 11) is 0. The molecule has 0 N–H and O–H groups in total. The first kappa shape index (κ1) is 10.8. The van der Waals surface area contributed by atoms with Crippen molar-refractivity contribution in [3.8, 4) is 0 Å². The van der Waals surface area contributed by atoms with Crippen LogP contribution < -0.4 is 0 Å². The second-order valence-corrected chi connectivity index (χ2v) is 3.31. The normalized spacial score (nSPS) is 12.3. The molecule has 0 aromatic heterocycles. The van der Waals surface area contributed by atoms with E-state index in [2.05, 4.69) is 62.4 Å². The van der Waals surface area contributed by atoms with Gasteiger partial charge in [-0.2, -0.15) is 0 Å². The molecule has 0 saturated heterocycles. The summed E-state index contributed by atoms with van der Waals surface area (Å²) < 4.78 is 0. The van der Waals surface area contributed by atoms with Crippen molar-refractivity contribution in [2.75, 3.05) is 0 Å². The van der Waals surface area contributed by atoms with Crippen LogP contribution in [0.3, 0.4) is 0 Å². The van der Waals surface area contributed by atoms with Gasteiger partial charge in [-0.25, -0.2) is 0 Å². The van der Waals surface area contributed by atoms with E-state index in [1.807, 2.05) is 0 Å². The minimum absolute atomic E-state index is 1.03. The maximum atomic E-state index is 2.23. The van der Waals surface area contributed by atoms with Crippen LogP contribution in [0, 0.1) is 0 Å². The molecule has 0 saturated carbocycles. The highest BCUT2D eigenvalue weighted by Crippen LogP contribution is 2.05. The van der Waals surface area contributed by atoms with Gasteiger partial charge in [0.1, 0.15) is 0 Å². The summed E-state index contributed by atoms with van der Waals surface area (Å²) >= 11 is 0. The van der Waals surface area contributed by atoms with E-state index >= 15 is 0 Å². The molecule has 0 heteroatoms. The molecule has 0 fully saturated rings. The van der Waals surface area contributed by atoms with Gasteiger partial charge in [0.05, 0.1) is 0 Å². The minimum Gasteiger partial charge on any atom is -0.0845 e. The van der Waals surface area contributed by atoms with Gasteiger partial charge in [-0.1, -0.05) is 61.1 Å². The van der Waals surface area contributed by atoms with Crippen molar-refractivity contribution < 1.29 is 0 Å². The van der Waals surface area contributed by atoms with Gasteiger partial charge < -0.3 is 0 Å². The summed E-state index contributed by atoms with van der Waals surface area (Å²) in [4.78, 5) is 0. The summed E-state index contributed by atoms with van der Waals surface area (Å²) in [6, 6.07) is 10.5. The predicted octanol–water partition coefficient (Wildman–Crippen LogP) is 4.14. The number of hydrogen-bond donors (Lipinski definition) is 0. The standard InChI is InChI=1S/C14H18/c1-3-13(4-2)11-8-12-14-9-6-5-7-10-14/h3,5-11H,4,12H2,1-2H3/b11-8-,13-3-. The third-order valence-electron chi connectivity index (χ3n) is 2.31. The summed E-state index contributed by atoms with van der Waals surface area (Å²) in [6.07, 6.45) is 8.75. The highest BCUT2D eigenvalue weighted by molar-refractivity contribution is 5.22. The molecule has 0 amide bonds. The monoisotopic (exact) mass is 186 g/mol. The maximum absolute atomic E-state index is 2.23. The highest BCUT2D eigenvalue weighted by Gasteiger charge is 1.87. The van der Waals surface area contributed by atoms with Crippen LogP contribution >= 0.6 is 0 Å². The predicted molar refractivity (Wildman–Crippen MR) is 63.3 cm³/mol. The van der Waals surface area contributed by atoms with Crippen molar-refractivity contribution in [3.63, 3.8) is 0 Å². The first-order chi connectivity index (χ1) is 6.86. The molecule has 0 atom stereocenters. The molecule has 0 radical (unpaired) electrons. The Kier molecular flexibility index (Phi) is 4.77. The van der Waals surface area contributed by atoms with Crippen molar-refractivity contribution in [1.82, 2.24) is 0 Å². The van der Waals surface area contributed by atoms with E-state index in [1.54, 1.807) is 0 Å². The largest absolute Gasteiger partial charge is 0.0845 e. The number of rotatable bonds is 4. The fourth-order valence-corrected chi connectivity index (χ4v) is 1.38. The lowest BCUT2D eigenvalue weighted by Gasteiger charge is -1.96. The fraction of sp³-hybridized carbons (Fsp3) is 0.286. The molecule has 0 aliphatic rings. The highest BCUT2D eigenvalue weighted by atomic mass is 13.9. The summed E-state index contributed by atoms with van der Waals surface area (Å²) in [6.45, 7) is 4.27. The van der Waals surface area contributed by atoms with E-state index in [0.29, 0.717) is 0 Å². The van der Waals surface area contributed by atoms with Crippen molar-refractivity contribution >= 4 is 0 Å². The Labute approximate surface area is 87.0 Å². The minimum atomic E-state index is 1.03. The molecule has 0 nitrogen and oxygen atoms in total. The van der Waals surface area contributed by atoms with E-state index < -0.39 is 0 Å². The fourth-order valence-electron chi connectivity index (χ4n) is 1.38. The van der Waals surface area contributed by atoms with Crippen molar-refractivity contribution in [2.45, 2.75) is 26.7 Å². The van der Waals surface area contributed by atoms with Gasteiger partial charge in [0.2, 0.25) is 0 Å². The van der Waals surface area contributed by atoms with Gasteiger partial charge in [0, 0.05) is 0 Å². The molecule has 14 heavy (non-hydrogen) atoms. The molecule has 0 bridgehead atoms. The van der Waals surface area contributed by atoms with Gasteiger partial charge in [-0.15, -0.1) is 0 Å². The van der Waals surface area contributed by atoms with Crippen LogP contribution in [0.1, 0.15) is 25.8 Å². The van der Waals surface area contributed by atoms with Gasteiger partial charge in [-0.05, 0) is 25.3 Å². The molecule has 0 aliphatic carbocycles. The van der Waals surface area contributed by atoms with Gasteiger partial charge in [-0.3, -0.25) is 0 Å². The van der Waals surface area contributed by atoms with Crippen molar-refractivity contribution in [3.05, 3.63) is 59.7 Å². The molecule has 1 aromatic carbocycles. The number of benzene rings is 1. The Hall–Kier alpha value is -1.30. The average molecular weight is 186 g/mol. The lowest BCUT2D eigenvalue weighted by Crippen LogP contribution is -1.79. The molecule has 0 spiro atoms. The van der Waals surface area contributed by atoms with Gasteiger partial charge in [0.15, 0.2) is 0 Å². The van der Waals surface area contributed by atoms with Crippen LogP contribution in [0.5, 0.6) is 0 Å². The Morgan fingerprint density at radius 3 is 2.50 bits per heavy atom. The topological polar surface area (TPSA) is 0 Å². The van der Waals surface area contributed by atoms with Crippen LogP contribution in [-0.2, 0) is 6.42 Å². The number of allylic oxidation sites excluding steroid dienone is 4. The molecule has 1 rings (SSSR count). The zero-order valence-corrected chi connectivity index (χ0v) is 9.03. The lowest BCUT2D eigenvalue weighted by atomic mass is 10.1. The molecule has 0 heterocycles. The van der Waals surface area contributed by atoms with Crippen LogP contribution in [0.4, 0.5) is 0 Å². The van der Waals surface area contributed by atoms with E-state index in [0.717, 1.165) is 12.8 Å². The molecular formula is C14H18. The molecule has 0 aliphatic heterocycles. The average Bonchev–Trinajstić information content (AvgIpc) is 2.26. The van der Waals surface area contributed by atoms with Crippen molar-refractivity contribution in [1.29, 1.82) is 0 Å². The molecular weight excluding hydrogens is 168 g/mol. The van der Waals surface area contributed by atoms with E-state index in [9.17, 15) is 0 Å². The van der Waals surface area contributed by atoms with Crippen LogP contribution in [0.25, 0.3) is 0 Å². The second-order valence-electron chi connectivity index (χ2n) is 3.31. The summed E-state index contributed by atoms with van der Waals surface area (Å²) in [5.74, 6) is 0. The Morgan fingerprint density at radius 2 is 1.93 bits per heavy atom. The van der Waals surface area contributed by atoms with Crippen LogP contribution in [0.15, 0.2) is 54.1 Å². The molecule has 0 unspecified atom stereocenters. The Balaban J connectivity index is 2.49. The third-order valence-corrected chi connectivity index (χ3v) is 2.31. The first-order valence-corrected chi connectivity index (χ1v) is 5.22. The summed E-state index contributed by atoms with van der Waals surface area (Å²) in [5, 5.41) is 0. The maximum Gasteiger partial charge on any atom is -0.00942 e. The summed E-state index contributed by atoms with van der Waals surface area (Å²) in [5.41, 5.74) is 2.77. The smallest absolute Gasteiger partial charge is 0.00942 e. The first-order valence-electron chi connectivity index (χ1n) is 5.22. The van der Waals surface area contributed by atoms with Crippen molar-refractivity contribution in [2.24, 2.45) is 0 Å². The van der Waals surface area contributed by atoms with Gasteiger partial charge >= 0.3 is 0 Å². The molecule has 1 aromatic rings. The zero-order chi connectivity index (χ0) is 10.2. The van der Waals surface area contributed by atoms with Crippen LogP contribution in [0.2, 0.25) is 0 Å². The second kappa shape index (κ2) is 6.20. The zero-order valence-electron chi connectivity index (χ0n) is 9.03. The van der Waals surface area contributed by atoms with E-state index in [4.69, 9.17) is 0 Å². The third kappa shape index (κ3) is 3.61. The van der Waals surface area contributed by atoms with E-state index in [-0.39, 0.29) is 0 Å². The Bertz CT molecular complexity index is 304. The SMILES string of the molecule is C/C=C(\C=C/Cc1ccccc1)CC. The van der Waals surface area contributed by atoms with E-state index in [1.165, 1.54) is 11.1 Å². The quantitative estimate of drug-likeness (QED) is 0.620.